The van der Waals surface area contributed by atoms with E-state index < -0.39 is 0 Å². The lowest BCUT2D eigenvalue weighted by Gasteiger charge is -2.16. The van der Waals surface area contributed by atoms with Crippen molar-refractivity contribution >= 4 is 6.01 Å². The van der Waals surface area contributed by atoms with Crippen LogP contribution in [0.2, 0.25) is 0 Å². The van der Waals surface area contributed by atoms with Gasteiger partial charge in [0.2, 0.25) is 0 Å². The van der Waals surface area contributed by atoms with Crippen LogP contribution in [0.25, 0.3) is 0 Å². The first-order valence-electron chi connectivity index (χ1n) is 4.87. The predicted molar refractivity (Wildman–Crippen MR) is 56.9 cm³/mol. The first-order valence-corrected chi connectivity index (χ1v) is 4.87. The SMILES string of the molecule is CCCC[C](N=C=NCC)N(C)C. The quantitative estimate of drug-likeness (QED) is 0.580. The number of rotatable bonds is 6. The van der Waals surface area contributed by atoms with Crippen molar-refractivity contribution in [3.05, 3.63) is 6.17 Å². The van der Waals surface area contributed by atoms with E-state index in [2.05, 4.69) is 22.9 Å². The molecule has 0 aromatic carbocycles. The Morgan fingerprint density at radius 1 is 1.31 bits per heavy atom. The average Bonchev–Trinajstić information content (AvgIpc) is 2.10. The summed E-state index contributed by atoms with van der Waals surface area (Å²) in [5, 5.41) is 0. The van der Waals surface area contributed by atoms with Gasteiger partial charge in [0.25, 0.3) is 0 Å². The van der Waals surface area contributed by atoms with Crippen LogP contribution < -0.4 is 0 Å². The Morgan fingerprint density at radius 3 is 2.46 bits per heavy atom. The summed E-state index contributed by atoms with van der Waals surface area (Å²) in [5.74, 6) is 0. The van der Waals surface area contributed by atoms with E-state index in [1.807, 2.05) is 25.9 Å². The lowest BCUT2D eigenvalue weighted by molar-refractivity contribution is 0.388. The summed E-state index contributed by atoms with van der Waals surface area (Å²) >= 11 is 0. The summed E-state index contributed by atoms with van der Waals surface area (Å²) in [7, 11) is 4.00. The molecule has 0 N–H and O–H groups in total. The third kappa shape index (κ3) is 6.50. The van der Waals surface area contributed by atoms with Gasteiger partial charge < -0.3 is 0 Å². The summed E-state index contributed by atoms with van der Waals surface area (Å²) in [5.41, 5.74) is 0. The van der Waals surface area contributed by atoms with E-state index in [1.54, 1.807) is 0 Å². The minimum absolute atomic E-state index is 0.748. The van der Waals surface area contributed by atoms with Gasteiger partial charge in [-0.25, -0.2) is 4.99 Å². The number of nitrogens with zero attached hydrogens (tertiary/aromatic N) is 3. The van der Waals surface area contributed by atoms with Crippen LogP contribution in [0, 0.1) is 6.17 Å². The minimum Gasteiger partial charge on any atom is -0.282 e. The third-order valence-electron chi connectivity index (χ3n) is 1.68. The van der Waals surface area contributed by atoms with E-state index in [9.17, 15) is 0 Å². The molecule has 3 nitrogen and oxygen atoms in total. The van der Waals surface area contributed by atoms with E-state index in [1.165, 1.54) is 12.8 Å². The highest BCUT2D eigenvalue weighted by molar-refractivity contribution is 5.42. The lowest BCUT2D eigenvalue weighted by atomic mass is 10.2. The summed E-state index contributed by atoms with van der Waals surface area (Å²) in [6.45, 7) is 4.90. The number of hydrogen-bond donors (Lipinski definition) is 0. The molecule has 0 aliphatic carbocycles. The van der Waals surface area contributed by atoms with Gasteiger partial charge in [0.05, 0.1) is 6.01 Å². The maximum absolute atomic E-state index is 4.18. The average molecular weight is 182 g/mol. The molecular weight excluding hydrogens is 162 g/mol. The van der Waals surface area contributed by atoms with Crippen LogP contribution >= 0.6 is 0 Å². The molecule has 0 heterocycles. The largest absolute Gasteiger partial charge is 0.282 e. The molecule has 13 heavy (non-hydrogen) atoms. The molecular formula is C10H20N3. The zero-order valence-electron chi connectivity index (χ0n) is 9.17. The Balaban J connectivity index is 4.01. The molecule has 0 rings (SSSR count). The van der Waals surface area contributed by atoms with Crippen molar-refractivity contribution in [1.29, 1.82) is 0 Å². The van der Waals surface area contributed by atoms with Gasteiger partial charge in [-0.15, -0.1) is 0 Å². The van der Waals surface area contributed by atoms with Crippen molar-refractivity contribution < 1.29 is 0 Å². The van der Waals surface area contributed by atoms with Crippen molar-refractivity contribution in [2.24, 2.45) is 9.98 Å². The smallest absolute Gasteiger partial charge is 0.163 e. The molecule has 3 heteroatoms. The molecule has 0 bridgehead atoms. The molecule has 75 valence electrons. The first kappa shape index (κ1) is 12.3. The van der Waals surface area contributed by atoms with Gasteiger partial charge in [0, 0.05) is 6.54 Å². The van der Waals surface area contributed by atoms with Crippen LogP contribution in [0.1, 0.15) is 33.1 Å². The van der Waals surface area contributed by atoms with Gasteiger partial charge >= 0.3 is 0 Å². The normalized spacial score (nSPS) is 10.3. The summed E-state index contributed by atoms with van der Waals surface area (Å²) < 4.78 is 0. The van der Waals surface area contributed by atoms with Gasteiger partial charge in [-0.3, -0.25) is 4.90 Å². The van der Waals surface area contributed by atoms with Crippen molar-refractivity contribution in [2.75, 3.05) is 20.6 Å². The monoisotopic (exact) mass is 182 g/mol. The van der Waals surface area contributed by atoms with E-state index in [0.717, 1.165) is 19.1 Å². The van der Waals surface area contributed by atoms with E-state index in [4.69, 9.17) is 0 Å². The molecule has 0 fully saturated rings. The predicted octanol–water partition coefficient (Wildman–Crippen LogP) is 2.42. The first-order chi connectivity index (χ1) is 6.22. The van der Waals surface area contributed by atoms with Crippen LogP contribution in [0.3, 0.4) is 0 Å². The highest BCUT2D eigenvalue weighted by Crippen LogP contribution is 2.13. The molecule has 0 aliphatic rings. The van der Waals surface area contributed by atoms with E-state index >= 15 is 0 Å². The van der Waals surface area contributed by atoms with Gasteiger partial charge in [-0.1, -0.05) is 13.3 Å². The van der Waals surface area contributed by atoms with Crippen molar-refractivity contribution in [1.82, 2.24) is 4.90 Å². The number of hydrogen-bond acceptors (Lipinski definition) is 3. The van der Waals surface area contributed by atoms with Gasteiger partial charge in [0.1, 0.15) is 0 Å². The van der Waals surface area contributed by atoms with Gasteiger partial charge in [-0.05, 0) is 33.9 Å². The molecule has 0 unspecified atom stereocenters. The Labute approximate surface area is 81.6 Å². The third-order valence-corrected chi connectivity index (χ3v) is 1.68. The van der Waals surface area contributed by atoms with Crippen LogP contribution in [-0.4, -0.2) is 31.5 Å². The molecule has 0 atom stereocenters. The van der Waals surface area contributed by atoms with Crippen LogP contribution in [0.5, 0.6) is 0 Å². The van der Waals surface area contributed by atoms with Crippen LogP contribution in [-0.2, 0) is 0 Å². The second-order valence-electron chi connectivity index (χ2n) is 3.10. The minimum atomic E-state index is 0.748. The second-order valence-corrected chi connectivity index (χ2v) is 3.10. The summed E-state index contributed by atoms with van der Waals surface area (Å²) in [6.07, 6.45) is 4.43. The van der Waals surface area contributed by atoms with Crippen molar-refractivity contribution in [3.63, 3.8) is 0 Å². The molecule has 0 saturated heterocycles. The standard InChI is InChI=1S/C10H20N3/c1-5-7-8-10(13(3)4)12-9-11-6-2/h5-8H2,1-4H3. The number of aliphatic imine (C=N–C) groups is 2. The molecule has 1 radical (unpaired) electrons. The zero-order chi connectivity index (χ0) is 10.1. The second kappa shape index (κ2) is 7.96. The molecule has 0 spiro atoms. The Hall–Kier alpha value is -0.660. The lowest BCUT2D eigenvalue weighted by Crippen LogP contribution is -2.17. The maximum Gasteiger partial charge on any atom is 0.163 e. The molecule has 0 amide bonds. The fraction of sp³-hybridized carbons (Fsp3) is 0.800. The van der Waals surface area contributed by atoms with Gasteiger partial charge in [-0.2, -0.15) is 4.99 Å². The van der Waals surface area contributed by atoms with E-state index in [-0.39, 0.29) is 0 Å². The maximum atomic E-state index is 4.18. The fourth-order valence-electron chi connectivity index (χ4n) is 0.878. The summed E-state index contributed by atoms with van der Waals surface area (Å²) in [4.78, 5) is 10.1. The van der Waals surface area contributed by atoms with E-state index in [0.29, 0.717) is 0 Å². The Kier molecular flexibility index (Phi) is 7.56. The highest BCUT2D eigenvalue weighted by atomic mass is 15.2. The van der Waals surface area contributed by atoms with Crippen molar-refractivity contribution in [2.45, 2.75) is 33.1 Å². The molecule has 0 aromatic heterocycles. The number of unbranched alkanes of at least 4 members (excludes halogenated alkanes) is 1. The Morgan fingerprint density at radius 2 is 2.00 bits per heavy atom. The van der Waals surface area contributed by atoms with Crippen LogP contribution in [0.4, 0.5) is 0 Å². The fourth-order valence-corrected chi connectivity index (χ4v) is 0.878. The summed E-state index contributed by atoms with van der Waals surface area (Å²) in [6, 6.07) is 2.70. The topological polar surface area (TPSA) is 28.0 Å². The van der Waals surface area contributed by atoms with Crippen LogP contribution in [0.15, 0.2) is 9.98 Å². The highest BCUT2D eigenvalue weighted by Gasteiger charge is 2.08. The Bertz CT molecular complexity index is 169. The molecule has 0 aliphatic heterocycles. The molecule has 0 saturated carbocycles. The zero-order valence-corrected chi connectivity index (χ0v) is 9.17. The van der Waals surface area contributed by atoms with Crippen molar-refractivity contribution in [3.8, 4) is 0 Å². The van der Waals surface area contributed by atoms with Gasteiger partial charge in [0.15, 0.2) is 6.17 Å². The molecule has 0 aromatic rings.